The van der Waals surface area contributed by atoms with E-state index in [4.69, 9.17) is 10.1 Å². The summed E-state index contributed by atoms with van der Waals surface area (Å²) in [7, 11) is 0. The molecule has 3 aliphatic rings. The van der Waals surface area contributed by atoms with Crippen LogP contribution in [0, 0.1) is 29.1 Å². The molecule has 2 heterocycles. The highest BCUT2D eigenvalue weighted by atomic mass is 19.4. The van der Waals surface area contributed by atoms with Gasteiger partial charge in [-0.15, -0.1) is 4.73 Å². The Morgan fingerprint density at radius 1 is 1.26 bits per heavy atom. The van der Waals surface area contributed by atoms with E-state index in [1.54, 1.807) is 0 Å². The summed E-state index contributed by atoms with van der Waals surface area (Å²) in [6.45, 7) is 4.65. The molecule has 4 atom stereocenters. The van der Waals surface area contributed by atoms with Crippen LogP contribution in [0.25, 0.3) is 0 Å². The van der Waals surface area contributed by atoms with Crippen LogP contribution in [0.4, 0.5) is 23.5 Å². The Hall–Kier alpha value is -4.14. The molecular weight excluding hydrogens is 554 g/mol. The third-order valence-electron chi connectivity index (χ3n) is 8.17. The van der Waals surface area contributed by atoms with E-state index < -0.39 is 29.4 Å². The predicted octanol–water partition coefficient (Wildman–Crippen LogP) is 4.60. The number of fused-ring (bicyclic) bond motifs is 1. The van der Waals surface area contributed by atoms with Gasteiger partial charge in [0.05, 0.1) is 35.0 Å². The third-order valence-corrected chi connectivity index (χ3v) is 8.17. The van der Waals surface area contributed by atoms with Crippen LogP contribution < -0.4 is 15.7 Å². The zero-order valence-corrected chi connectivity index (χ0v) is 23.2. The number of aromatic nitrogens is 2. The molecule has 8 nitrogen and oxygen atoms in total. The van der Waals surface area contributed by atoms with Crippen LogP contribution in [-0.4, -0.2) is 39.8 Å². The van der Waals surface area contributed by atoms with Crippen LogP contribution in [0.15, 0.2) is 52.4 Å². The van der Waals surface area contributed by atoms with Crippen LogP contribution in [0.2, 0.25) is 0 Å². The van der Waals surface area contributed by atoms with E-state index in [9.17, 15) is 27.2 Å². The Bertz CT molecular complexity index is 1520. The van der Waals surface area contributed by atoms with Crippen molar-refractivity contribution in [2.24, 2.45) is 17.8 Å². The summed E-state index contributed by atoms with van der Waals surface area (Å²) in [5.41, 5.74) is 0.178. The summed E-state index contributed by atoms with van der Waals surface area (Å²) < 4.78 is 54.6. The first-order valence-electron chi connectivity index (χ1n) is 13.9. The van der Waals surface area contributed by atoms with Gasteiger partial charge in [-0.05, 0) is 54.0 Å². The van der Waals surface area contributed by atoms with E-state index in [2.05, 4.69) is 17.2 Å². The molecule has 2 aromatic rings. The monoisotopic (exact) mass is 585 g/mol. The third kappa shape index (κ3) is 6.20. The second-order valence-electron chi connectivity index (χ2n) is 11.2. The number of allylic oxidation sites excluding steroid dienone is 3. The average molecular weight is 586 g/mol. The highest BCUT2D eigenvalue weighted by Gasteiger charge is 2.38. The Balaban J connectivity index is 1.39. The molecule has 1 aromatic heterocycles. The van der Waals surface area contributed by atoms with Gasteiger partial charge in [-0.2, -0.15) is 18.4 Å². The molecule has 1 amide bonds. The number of nitrogens with one attached hydrogen (secondary N) is 1. The number of hydrogen-bond donors (Lipinski definition) is 1. The maximum atomic E-state index is 14.7. The second-order valence-corrected chi connectivity index (χ2v) is 11.2. The van der Waals surface area contributed by atoms with Gasteiger partial charge in [-0.25, -0.2) is 9.37 Å². The Kier molecular flexibility index (Phi) is 8.12. The number of nitrogens with zero attached hydrogens (tertiary/aromatic N) is 4. The van der Waals surface area contributed by atoms with Crippen molar-refractivity contribution in [1.29, 1.82) is 5.26 Å². The molecule has 1 N–H and O–H groups in total. The van der Waals surface area contributed by atoms with Crippen LogP contribution in [0.3, 0.4) is 0 Å². The van der Waals surface area contributed by atoms with Gasteiger partial charge in [-0.1, -0.05) is 26.0 Å². The van der Waals surface area contributed by atoms with Crippen molar-refractivity contribution < 1.29 is 27.2 Å². The van der Waals surface area contributed by atoms with Gasteiger partial charge in [0.15, 0.2) is 0 Å². The Morgan fingerprint density at radius 3 is 2.60 bits per heavy atom. The lowest BCUT2D eigenvalue weighted by Gasteiger charge is -2.30. The maximum absolute atomic E-state index is 14.7. The van der Waals surface area contributed by atoms with Crippen molar-refractivity contribution in [3.8, 4) is 6.07 Å². The lowest BCUT2D eigenvalue weighted by molar-refractivity contribution is -0.137. The van der Waals surface area contributed by atoms with E-state index in [0.717, 1.165) is 23.3 Å². The van der Waals surface area contributed by atoms with Gasteiger partial charge in [0, 0.05) is 31.5 Å². The molecule has 222 valence electrons. The minimum absolute atomic E-state index is 0.0656. The van der Waals surface area contributed by atoms with Gasteiger partial charge in [0.2, 0.25) is 5.95 Å². The van der Waals surface area contributed by atoms with Crippen molar-refractivity contribution in [2.75, 3.05) is 18.5 Å². The lowest BCUT2D eigenvalue weighted by Crippen LogP contribution is -2.44. The molecule has 5 rings (SSSR count). The number of nitriles is 1. The first kappa shape index (κ1) is 29.4. The fraction of sp³-hybridized carbons (Fsp3) is 0.467. The van der Waals surface area contributed by atoms with Crippen LogP contribution in [0.5, 0.6) is 0 Å². The van der Waals surface area contributed by atoms with Gasteiger partial charge < -0.3 is 15.1 Å². The Labute approximate surface area is 240 Å². The molecule has 1 fully saturated rings. The molecule has 1 aliphatic heterocycles. The minimum atomic E-state index is -4.44. The van der Waals surface area contributed by atoms with Gasteiger partial charge in [0.25, 0.3) is 11.5 Å². The number of carbonyl (C=O) groups is 1. The lowest BCUT2D eigenvalue weighted by atomic mass is 9.95. The normalized spacial score (nSPS) is 22.3. The number of anilines is 1. The summed E-state index contributed by atoms with van der Waals surface area (Å²) in [6, 6.07) is 6.59. The average Bonchev–Trinajstić information content (AvgIpc) is 3.71. The highest BCUT2D eigenvalue weighted by Crippen LogP contribution is 2.43. The SMILES string of the molecule is CC(COn1c(NCc2ccc(C(F)(F)F)cc2)nc2c(c1=O)CN(C(=O)C1=CC=C(C#N)CC1F)CC2)C1CC1C. The summed E-state index contributed by atoms with van der Waals surface area (Å²) in [6.07, 6.45) is -2.16. The molecule has 4 unspecified atom stereocenters. The van der Waals surface area contributed by atoms with Crippen LogP contribution in [0.1, 0.15) is 49.1 Å². The molecule has 0 bridgehead atoms. The van der Waals surface area contributed by atoms with Gasteiger partial charge in [0.1, 0.15) is 12.8 Å². The van der Waals surface area contributed by atoms with Crippen molar-refractivity contribution in [3.05, 3.63) is 80.3 Å². The standard InChI is InChI=1S/C30H31F4N5O3/c1-17-11-23(17)18(2)16-42-39-28(41)24-15-38(27(40)22-8-5-20(13-35)12-25(22)31)10-9-26(24)37-29(39)36-14-19-3-6-21(7-4-19)30(32,33)34/h3-8,17-18,23,25H,9-12,14-16H2,1-2H3,(H,36,37). The second kappa shape index (κ2) is 11.6. The summed E-state index contributed by atoms with van der Waals surface area (Å²) >= 11 is 0. The number of carbonyl (C=O) groups excluding carboxylic acids is 1. The quantitative estimate of drug-likeness (QED) is 0.455. The number of hydrogen-bond acceptors (Lipinski definition) is 6. The maximum Gasteiger partial charge on any atom is 0.416 e. The number of alkyl halides is 4. The number of benzene rings is 1. The zero-order valence-electron chi connectivity index (χ0n) is 23.2. The largest absolute Gasteiger partial charge is 0.416 e. The topological polar surface area (TPSA) is 100 Å². The smallest absolute Gasteiger partial charge is 0.407 e. The number of amides is 1. The molecule has 12 heteroatoms. The van der Waals surface area contributed by atoms with E-state index in [1.807, 2.05) is 13.0 Å². The van der Waals surface area contributed by atoms with E-state index in [-0.39, 0.29) is 67.7 Å². The van der Waals surface area contributed by atoms with Crippen LogP contribution in [-0.2, 0) is 30.5 Å². The first-order chi connectivity index (χ1) is 20.0. The molecule has 42 heavy (non-hydrogen) atoms. The highest BCUT2D eigenvalue weighted by molar-refractivity contribution is 5.95. The van der Waals surface area contributed by atoms with Crippen molar-refractivity contribution in [2.45, 2.75) is 58.5 Å². The molecular formula is C30H31F4N5O3. The summed E-state index contributed by atoms with van der Waals surface area (Å²) in [4.78, 5) is 38.9. The molecule has 0 spiro atoms. The summed E-state index contributed by atoms with van der Waals surface area (Å²) in [5, 5.41) is 12.1. The molecule has 0 saturated heterocycles. The van der Waals surface area contributed by atoms with Crippen LogP contribution >= 0.6 is 0 Å². The first-order valence-corrected chi connectivity index (χ1v) is 13.9. The predicted molar refractivity (Wildman–Crippen MR) is 146 cm³/mol. The van der Waals surface area contributed by atoms with E-state index in [1.165, 1.54) is 29.2 Å². The number of rotatable bonds is 8. The molecule has 1 aromatic carbocycles. The molecule has 1 saturated carbocycles. The van der Waals surface area contributed by atoms with E-state index >= 15 is 0 Å². The minimum Gasteiger partial charge on any atom is -0.407 e. The fourth-order valence-electron chi connectivity index (χ4n) is 5.45. The van der Waals surface area contributed by atoms with Crippen molar-refractivity contribution >= 4 is 11.9 Å². The van der Waals surface area contributed by atoms with Gasteiger partial charge in [-0.3, -0.25) is 9.59 Å². The number of halogens is 4. The van der Waals surface area contributed by atoms with E-state index in [0.29, 0.717) is 23.1 Å². The molecule has 0 radical (unpaired) electrons. The fourth-order valence-corrected chi connectivity index (χ4v) is 5.45. The summed E-state index contributed by atoms with van der Waals surface area (Å²) in [5.74, 6) is 0.800. The van der Waals surface area contributed by atoms with Crippen molar-refractivity contribution in [1.82, 2.24) is 14.6 Å². The Morgan fingerprint density at radius 2 is 1.98 bits per heavy atom. The molecule has 2 aliphatic carbocycles. The van der Waals surface area contributed by atoms with Crippen molar-refractivity contribution in [3.63, 3.8) is 0 Å². The zero-order chi connectivity index (χ0) is 30.2. The van der Waals surface area contributed by atoms with Gasteiger partial charge >= 0.3 is 6.18 Å².